The fourth-order valence-electron chi connectivity index (χ4n) is 1.54. The quantitative estimate of drug-likeness (QED) is 0.913. The minimum absolute atomic E-state index is 0.0925. The van der Waals surface area contributed by atoms with Gasteiger partial charge in [-0.05, 0) is 46.2 Å². The third kappa shape index (κ3) is 3.21. The molecule has 0 bridgehead atoms. The fourth-order valence-corrected chi connectivity index (χ4v) is 2.50. The number of aromatic nitrogens is 1. The van der Waals surface area contributed by atoms with Crippen molar-refractivity contribution in [3.05, 3.63) is 28.5 Å². The summed E-state index contributed by atoms with van der Waals surface area (Å²) >= 11 is 1.73. The Morgan fingerprint density at radius 2 is 2.06 bits per heavy atom. The number of oxazole rings is 1. The van der Waals surface area contributed by atoms with Gasteiger partial charge < -0.3 is 9.73 Å². The molecule has 0 amide bonds. The van der Waals surface area contributed by atoms with E-state index in [1.165, 1.54) is 10.4 Å². The molecule has 0 aliphatic carbocycles. The van der Waals surface area contributed by atoms with Crippen molar-refractivity contribution in [3.8, 4) is 10.8 Å². The lowest BCUT2D eigenvalue weighted by atomic mass is 10.1. The van der Waals surface area contributed by atoms with Crippen LogP contribution in [0.2, 0.25) is 0 Å². The van der Waals surface area contributed by atoms with Crippen LogP contribution >= 0.6 is 11.3 Å². The van der Waals surface area contributed by atoms with Gasteiger partial charge in [0.2, 0.25) is 5.89 Å². The summed E-state index contributed by atoms with van der Waals surface area (Å²) in [6.07, 6.45) is 1.73. The second kappa shape index (κ2) is 4.86. The summed E-state index contributed by atoms with van der Waals surface area (Å²) in [6, 6.07) is 2.13. The largest absolute Gasteiger partial charge is 0.444 e. The van der Waals surface area contributed by atoms with E-state index in [0.717, 1.165) is 23.0 Å². The minimum Gasteiger partial charge on any atom is -0.444 e. The van der Waals surface area contributed by atoms with E-state index in [1.54, 1.807) is 17.6 Å². The van der Waals surface area contributed by atoms with Crippen LogP contribution in [0.4, 0.5) is 0 Å². The Kier molecular flexibility index (Phi) is 3.59. The van der Waals surface area contributed by atoms with Crippen LogP contribution in [0.5, 0.6) is 0 Å². The van der Waals surface area contributed by atoms with Crippen LogP contribution in [-0.4, -0.2) is 10.5 Å². The maximum Gasteiger partial charge on any atom is 0.236 e. The van der Waals surface area contributed by atoms with Crippen molar-refractivity contribution < 1.29 is 4.42 Å². The zero-order valence-corrected chi connectivity index (χ0v) is 12.4. The lowest BCUT2D eigenvalue weighted by molar-refractivity contribution is 0.421. The predicted molar refractivity (Wildman–Crippen MR) is 75.9 cm³/mol. The van der Waals surface area contributed by atoms with Crippen molar-refractivity contribution in [2.45, 2.75) is 46.7 Å². The molecule has 0 aliphatic heterocycles. The van der Waals surface area contributed by atoms with Crippen LogP contribution in [0.15, 0.2) is 16.7 Å². The highest BCUT2D eigenvalue weighted by Crippen LogP contribution is 2.30. The molecular weight excluding hydrogens is 244 g/mol. The molecule has 0 saturated heterocycles. The highest BCUT2D eigenvalue weighted by Gasteiger charge is 2.13. The maximum absolute atomic E-state index is 5.54. The average molecular weight is 264 g/mol. The smallest absolute Gasteiger partial charge is 0.236 e. The highest BCUT2D eigenvalue weighted by molar-refractivity contribution is 7.15. The van der Waals surface area contributed by atoms with Gasteiger partial charge in [0.25, 0.3) is 0 Å². The van der Waals surface area contributed by atoms with Crippen molar-refractivity contribution >= 4 is 11.3 Å². The molecular formula is C14H20N2OS. The van der Waals surface area contributed by atoms with Gasteiger partial charge in [0.05, 0.1) is 10.6 Å². The predicted octanol–water partition coefficient (Wildman–Crippen LogP) is 3.91. The van der Waals surface area contributed by atoms with Gasteiger partial charge in [0.1, 0.15) is 6.26 Å². The maximum atomic E-state index is 5.54. The summed E-state index contributed by atoms with van der Waals surface area (Å²) in [5, 5.41) is 3.40. The number of nitrogens with one attached hydrogen (secondary N) is 1. The summed E-state index contributed by atoms with van der Waals surface area (Å²) in [5.41, 5.74) is 2.33. The Labute approximate surface area is 112 Å². The van der Waals surface area contributed by atoms with Crippen LogP contribution in [-0.2, 0) is 6.54 Å². The second-order valence-electron chi connectivity index (χ2n) is 5.60. The first-order chi connectivity index (χ1) is 8.35. The van der Waals surface area contributed by atoms with Crippen LogP contribution < -0.4 is 5.32 Å². The van der Waals surface area contributed by atoms with Crippen molar-refractivity contribution in [1.29, 1.82) is 0 Å². The van der Waals surface area contributed by atoms with E-state index in [1.807, 2.05) is 0 Å². The zero-order chi connectivity index (χ0) is 13.3. The topological polar surface area (TPSA) is 38.1 Å². The summed E-state index contributed by atoms with van der Waals surface area (Å²) in [6.45, 7) is 11.4. The van der Waals surface area contributed by atoms with Gasteiger partial charge in [0.15, 0.2) is 0 Å². The van der Waals surface area contributed by atoms with E-state index in [9.17, 15) is 0 Å². The Bertz CT molecular complexity index is 515. The average Bonchev–Trinajstić information content (AvgIpc) is 2.83. The first kappa shape index (κ1) is 13.3. The lowest BCUT2D eigenvalue weighted by Crippen LogP contribution is -2.35. The van der Waals surface area contributed by atoms with Gasteiger partial charge in [-0.25, -0.2) is 4.98 Å². The van der Waals surface area contributed by atoms with Crippen molar-refractivity contribution in [2.24, 2.45) is 0 Å². The zero-order valence-electron chi connectivity index (χ0n) is 11.6. The van der Waals surface area contributed by atoms with Crippen molar-refractivity contribution in [2.75, 3.05) is 0 Å². The van der Waals surface area contributed by atoms with Crippen LogP contribution in [0.1, 0.15) is 36.9 Å². The van der Waals surface area contributed by atoms with E-state index < -0.39 is 0 Å². The molecule has 1 N–H and O–H groups in total. The molecule has 18 heavy (non-hydrogen) atoms. The molecule has 2 heterocycles. The molecule has 2 rings (SSSR count). The molecule has 0 aliphatic rings. The van der Waals surface area contributed by atoms with Crippen LogP contribution in [0.25, 0.3) is 10.8 Å². The molecule has 0 spiro atoms. The molecule has 0 fully saturated rings. The van der Waals surface area contributed by atoms with Gasteiger partial charge in [-0.3, -0.25) is 0 Å². The van der Waals surface area contributed by atoms with E-state index >= 15 is 0 Å². The lowest BCUT2D eigenvalue weighted by Gasteiger charge is -2.19. The summed E-state index contributed by atoms with van der Waals surface area (Å²) in [7, 11) is 0. The molecule has 0 radical (unpaired) electrons. The molecule has 2 aromatic rings. The second-order valence-corrected chi connectivity index (χ2v) is 6.85. The van der Waals surface area contributed by atoms with Gasteiger partial charge in [-0.1, -0.05) is 0 Å². The van der Waals surface area contributed by atoms with Gasteiger partial charge >= 0.3 is 0 Å². The first-order valence-corrected chi connectivity index (χ1v) is 6.93. The third-order valence-electron chi connectivity index (χ3n) is 2.73. The summed E-state index contributed by atoms with van der Waals surface area (Å²) in [5.74, 6) is 0.724. The van der Waals surface area contributed by atoms with E-state index in [2.05, 4.69) is 51.0 Å². The number of hydrogen-bond donors (Lipinski definition) is 1. The van der Waals surface area contributed by atoms with Crippen LogP contribution in [0.3, 0.4) is 0 Å². The van der Waals surface area contributed by atoms with Gasteiger partial charge in [-0.15, -0.1) is 11.3 Å². The molecule has 2 aromatic heterocycles. The molecule has 3 nitrogen and oxygen atoms in total. The number of rotatable bonds is 3. The normalized spacial score (nSPS) is 12.1. The highest BCUT2D eigenvalue weighted by atomic mass is 32.1. The van der Waals surface area contributed by atoms with Gasteiger partial charge in [0, 0.05) is 17.0 Å². The van der Waals surface area contributed by atoms with E-state index in [4.69, 9.17) is 4.42 Å². The Hall–Kier alpha value is -1.13. The molecule has 0 atom stereocenters. The third-order valence-corrected chi connectivity index (χ3v) is 3.87. The number of thiophene rings is 1. The molecule has 4 heteroatoms. The minimum atomic E-state index is 0.0925. The van der Waals surface area contributed by atoms with Crippen LogP contribution in [0, 0.1) is 13.8 Å². The summed E-state index contributed by atoms with van der Waals surface area (Å²) in [4.78, 5) is 6.94. The Morgan fingerprint density at radius 1 is 1.33 bits per heavy atom. The fraction of sp³-hybridized carbons (Fsp3) is 0.500. The standard InChI is InChI=1S/C14H20N2OS/c1-9-6-12(18-10(9)2)13-16-11(8-17-13)7-15-14(3,4)5/h6,8,15H,7H2,1-5H3. The first-order valence-electron chi connectivity index (χ1n) is 6.12. The summed E-state index contributed by atoms with van der Waals surface area (Å²) < 4.78 is 5.54. The van der Waals surface area contributed by atoms with E-state index in [-0.39, 0.29) is 5.54 Å². The van der Waals surface area contributed by atoms with Gasteiger partial charge in [-0.2, -0.15) is 0 Å². The molecule has 98 valence electrons. The SMILES string of the molecule is Cc1cc(-c2nc(CNC(C)(C)C)co2)sc1C. The number of aryl methyl sites for hydroxylation is 2. The Morgan fingerprint density at radius 3 is 2.61 bits per heavy atom. The molecule has 0 unspecified atom stereocenters. The molecule has 0 saturated carbocycles. The monoisotopic (exact) mass is 264 g/mol. The van der Waals surface area contributed by atoms with Crippen molar-refractivity contribution in [3.63, 3.8) is 0 Å². The van der Waals surface area contributed by atoms with Crippen molar-refractivity contribution in [1.82, 2.24) is 10.3 Å². The number of nitrogens with zero attached hydrogens (tertiary/aromatic N) is 1. The Balaban J connectivity index is 2.11. The molecule has 0 aromatic carbocycles. The van der Waals surface area contributed by atoms with E-state index in [0.29, 0.717) is 0 Å². The number of hydrogen-bond acceptors (Lipinski definition) is 4.